The van der Waals surface area contributed by atoms with E-state index < -0.39 is 0 Å². The number of thiocarbonyl (C=S) groups is 1. The number of amides is 1. The van der Waals surface area contributed by atoms with Crippen molar-refractivity contribution in [2.45, 2.75) is 0 Å². The summed E-state index contributed by atoms with van der Waals surface area (Å²) in [4.78, 5) is 12.1. The first-order valence-corrected chi connectivity index (χ1v) is 6.62. The maximum Gasteiger partial charge on any atom is 0.261 e. The Bertz CT molecular complexity index is 656. The van der Waals surface area contributed by atoms with Gasteiger partial charge in [0.25, 0.3) is 5.91 Å². The van der Waals surface area contributed by atoms with Crippen LogP contribution in [-0.4, -0.2) is 18.1 Å². The Labute approximate surface area is 128 Å². The highest BCUT2D eigenvalue weighted by molar-refractivity contribution is 7.80. The Kier molecular flexibility index (Phi) is 4.73. The van der Waals surface area contributed by atoms with Gasteiger partial charge in [-0.2, -0.15) is 0 Å². The lowest BCUT2D eigenvalue weighted by Crippen LogP contribution is -2.34. The summed E-state index contributed by atoms with van der Waals surface area (Å²) in [6.07, 6.45) is 0. The maximum absolute atomic E-state index is 12.1. The van der Waals surface area contributed by atoms with E-state index in [-0.39, 0.29) is 11.0 Å². The monoisotopic (exact) mass is 301 g/mol. The summed E-state index contributed by atoms with van der Waals surface area (Å²) < 4.78 is 5.14. The number of para-hydroxylation sites is 1. The number of rotatable bonds is 3. The molecule has 2 rings (SSSR count). The van der Waals surface area contributed by atoms with Gasteiger partial charge in [-0.15, -0.1) is 0 Å². The standard InChI is InChI=1S/C15H15N3O2S/c1-20-13-5-3-2-4-12(13)14(19)18-15(21)17-11-8-6-10(16)7-9-11/h2-9H,16H2,1H3,(H2,17,18,19,21). The number of nitrogens with two attached hydrogens (primary N) is 1. The van der Waals surface area contributed by atoms with Crippen molar-refractivity contribution in [2.75, 3.05) is 18.2 Å². The lowest BCUT2D eigenvalue weighted by Gasteiger charge is -2.11. The average Bonchev–Trinajstić information content (AvgIpc) is 2.49. The molecular weight excluding hydrogens is 286 g/mol. The molecule has 0 aliphatic rings. The van der Waals surface area contributed by atoms with Crippen LogP contribution < -0.4 is 21.1 Å². The molecule has 0 unspecified atom stereocenters. The Balaban J connectivity index is 2.02. The average molecular weight is 301 g/mol. The van der Waals surface area contributed by atoms with Gasteiger partial charge in [-0.1, -0.05) is 12.1 Å². The van der Waals surface area contributed by atoms with Crippen LogP contribution in [0.25, 0.3) is 0 Å². The number of benzene rings is 2. The second-order valence-electron chi connectivity index (χ2n) is 4.23. The molecule has 21 heavy (non-hydrogen) atoms. The lowest BCUT2D eigenvalue weighted by atomic mass is 10.2. The highest BCUT2D eigenvalue weighted by Crippen LogP contribution is 2.17. The van der Waals surface area contributed by atoms with Crippen molar-refractivity contribution in [3.05, 3.63) is 54.1 Å². The van der Waals surface area contributed by atoms with Crippen molar-refractivity contribution in [1.82, 2.24) is 5.32 Å². The highest BCUT2D eigenvalue weighted by atomic mass is 32.1. The number of methoxy groups -OCH3 is 1. The van der Waals surface area contributed by atoms with Crippen molar-refractivity contribution in [3.63, 3.8) is 0 Å². The number of anilines is 2. The largest absolute Gasteiger partial charge is 0.496 e. The summed E-state index contributed by atoms with van der Waals surface area (Å²) >= 11 is 5.11. The summed E-state index contributed by atoms with van der Waals surface area (Å²) in [7, 11) is 1.51. The van der Waals surface area contributed by atoms with Crippen molar-refractivity contribution in [3.8, 4) is 5.75 Å². The second-order valence-corrected chi connectivity index (χ2v) is 4.64. The van der Waals surface area contributed by atoms with E-state index in [1.165, 1.54) is 7.11 Å². The molecular formula is C15H15N3O2S. The van der Waals surface area contributed by atoms with Crippen LogP contribution in [0.15, 0.2) is 48.5 Å². The number of nitrogen functional groups attached to an aromatic ring is 1. The second kappa shape index (κ2) is 6.71. The lowest BCUT2D eigenvalue weighted by molar-refractivity contribution is 0.0975. The van der Waals surface area contributed by atoms with Crippen molar-refractivity contribution in [2.24, 2.45) is 0 Å². The predicted octanol–water partition coefficient (Wildman–Crippen LogP) is 2.40. The smallest absolute Gasteiger partial charge is 0.261 e. The third-order valence-corrected chi connectivity index (χ3v) is 2.95. The fourth-order valence-electron chi connectivity index (χ4n) is 1.73. The van der Waals surface area contributed by atoms with Crippen LogP contribution in [0, 0.1) is 0 Å². The molecule has 5 nitrogen and oxygen atoms in total. The molecule has 108 valence electrons. The molecule has 1 amide bonds. The van der Waals surface area contributed by atoms with Crippen LogP contribution in [0.5, 0.6) is 5.75 Å². The first kappa shape index (κ1) is 14.8. The zero-order valence-electron chi connectivity index (χ0n) is 11.4. The van der Waals surface area contributed by atoms with Crippen LogP contribution in [0.4, 0.5) is 11.4 Å². The minimum atomic E-state index is -0.333. The van der Waals surface area contributed by atoms with E-state index in [1.54, 1.807) is 48.5 Å². The molecule has 0 bridgehead atoms. The van der Waals surface area contributed by atoms with E-state index >= 15 is 0 Å². The van der Waals surface area contributed by atoms with E-state index in [0.29, 0.717) is 17.0 Å². The van der Waals surface area contributed by atoms with E-state index in [0.717, 1.165) is 5.69 Å². The topological polar surface area (TPSA) is 76.4 Å². The first-order valence-electron chi connectivity index (χ1n) is 6.21. The van der Waals surface area contributed by atoms with Crippen molar-refractivity contribution < 1.29 is 9.53 Å². The fraction of sp³-hybridized carbons (Fsp3) is 0.0667. The number of nitrogens with one attached hydrogen (secondary N) is 2. The summed E-state index contributed by atoms with van der Waals surface area (Å²) in [6.45, 7) is 0. The number of carbonyl (C=O) groups excluding carboxylic acids is 1. The minimum Gasteiger partial charge on any atom is -0.496 e. The summed E-state index contributed by atoms with van der Waals surface area (Å²) in [6, 6.07) is 14.0. The molecule has 0 aliphatic carbocycles. The van der Waals surface area contributed by atoms with Gasteiger partial charge in [-0.25, -0.2) is 0 Å². The number of ether oxygens (including phenoxy) is 1. The van der Waals surface area contributed by atoms with E-state index in [4.69, 9.17) is 22.7 Å². The van der Waals surface area contributed by atoms with Crippen molar-refractivity contribution >= 4 is 34.6 Å². The molecule has 0 radical (unpaired) electrons. The van der Waals surface area contributed by atoms with E-state index in [1.807, 2.05) is 0 Å². The third kappa shape index (κ3) is 3.93. The molecule has 0 saturated heterocycles. The van der Waals surface area contributed by atoms with Gasteiger partial charge in [-0.3, -0.25) is 10.1 Å². The Morgan fingerprint density at radius 3 is 2.48 bits per heavy atom. The van der Waals surface area contributed by atoms with Crippen LogP contribution in [0.1, 0.15) is 10.4 Å². The number of carbonyl (C=O) groups is 1. The molecule has 6 heteroatoms. The van der Waals surface area contributed by atoms with Gasteiger partial charge in [-0.05, 0) is 48.6 Å². The molecule has 0 aromatic heterocycles. The van der Waals surface area contributed by atoms with Crippen LogP contribution in [0.2, 0.25) is 0 Å². The zero-order valence-corrected chi connectivity index (χ0v) is 12.2. The Morgan fingerprint density at radius 2 is 1.81 bits per heavy atom. The van der Waals surface area contributed by atoms with Crippen LogP contribution in [0.3, 0.4) is 0 Å². The molecule has 0 atom stereocenters. The summed E-state index contributed by atoms with van der Waals surface area (Å²) in [5, 5.41) is 5.72. The zero-order chi connectivity index (χ0) is 15.2. The first-order chi connectivity index (χ1) is 10.1. The SMILES string of the molecule is COc1ccccc1C(=O)NC(=S)Nc1ccc(N)cc1. The van der Waals surface area contributed by atoms with Gasteiger partial charge in [0, 0.05) is 11.4 Å². The maximum atomic E-state index is 12.1. The van der Waals surface area contributed by atoms with E-state index in [2.05, 4.69) is 10.6 Å². The number of hydrogen-bond donors (Lipinski definition) is 3. The van der Waals surface area contributed by atoms with Gasteiger partial charge in [0.2, 0.25) is 0 Å². The summed E-state index contributed by atoms with van der Waals surface area (Å²) in [5.41, 5.74) is 7.42. The Morgan fingerprint density at radius 1 is 1.14 bits per heavy atom. The van der Waals surface area contributed by atoms with Gasteiger partial charge < -0.3 is 15.8 Å². The molecule has 0 fully saturated rings. The highest BCUT2D eigenvalue weighted by Gasteiger charge is 2.12. The summed E-state index contributed by atoms with van der Waals surface area (Å²) in [5.74, 6) is 0.158. The van der Waals surface area contributed by atoms with Crippen molar-refractivity contribution in [1.29, 1.82) is 0 Å². The van der Waals surface area contributed by atoms with Crippen LogP contribution in [-0.2, 0) is 0 Å². The molecule has 0 heterocycles. The number of hydrogen-bond acceptors (Lipinski definition) is 4. The van der Waals surface area contributed by atoms with Gasteiger partial charge >= 0.3 is 0 Å². The fourth-order valence-corrected chi connectivity index (χ4v) is 1.94. The molecule has 2 aromatic carbocycles. The van der Waals surface area contributed by atoms with Gasteiger partial charge in [0.15, 0.2) is 5.11 Å². The van der Waals surface area contributed by atoms with Crippen LogP contribution >= 0.6 is 12.2 Å². The van der Waals surface area contributed by atoms with E-state index in [9.17, 15) is 4.79 Å². The molecule has 0 spiro atoms. The van der Waals surface area contributed by atoms with Gasteiger partial charge in [0.05, 0.1) is 12.7 Å². The minimum absolute atomic E-state index is 0.204. The molecule has 0 saturated carbocycles. The third-order valence-electron chi connectivity index (χ3n) is 2.75. The molecule has 4 N–H and O–H groups in total. The predicted molar refractivity (Wildman–Crippen MR) is 87.5 cm³/mol. The molecule has 0 aliphatic heterocycles. The van der Waals surface area contributed by atoms with Gasteiger partial charge in [0.1, 0.15) is 5.75 Å². The Hall–Kier alpha value is -2.60. The quantitative estimate of drug-likeness (QED) is 0.599. The molecule has 2 aromatic rings. The normalized spacial score (nSPS) is 9.76.